The second-order valence-electron chi connectivity index (χ2n) is 5.96. The standard InChI is InChI=1S/C15H22N4O2/c20-15(21)14-13(9-17-18-14)10-19-7-3-12(4-8-19)11-1-5-16-6-2-11/h1-2,5-6,12-14,17-18H,3-4,7-10H2,(H,20,21). The third-order valence-electron chi connectivity index (χ3n) is 4.62. The van der Waals surface area contributed by atoms with E-state index in [9.17, 15) is 9.90 Å². The van der Waals surface area contributed by atoms with Crippen molar-refractivity contribution < 1.29 is 9.90 Å². The first-order valence-corrected chi connectivity index (χ1v) is 7.57. The largest absolute Gasteiger partial charge is 0.480 e. The van der Waals surface area contributed by atoms with Crippen LogP contribution >= 0.6 is 0 Å². The summed E-state index contributed by atoms with van der Waals surface area (Å²) < 4.78 is 0. The highest BCUT2D eigenvalue weighted by molar-refractivity contribution is 5.74. The molecule has 2 fully saturated rings. The van der Waals surface area contributed by atoms with Crippen molar-refractivity contribution in [1.29, 1.82) is 0 Å². The average Bonchev–Trinajstić information content (AvgIpc) is 2.97. The van der Waals surface area contributed by atoms with Crippen LogP contribution in [0.15, 0.2) is 24.5 Å². The highest BCUT2D eigenvalue weighted by Gasteiger charge is 2.34. The smallest absolute Gasteiger partial charge is 0.322 e. The van der Waals surface area contributed by atoms with Gasteiger partial charge in [-0.05, 0) is 49.5 Å². The second kappa shape index (κ2) is 6.51. The van der Waals surface area contributed by atoms with Gasteiger partial charge in [-0.15, -0.1) is 0 Å². The van der Waals surface area contributed by atoms with Crippen LogP contribution < -0.4 is 10.9 Å². The maximum Gasteiger partial charge on any atom is 0.322 e. The second-order valence-corrected chi connectivity index (χ2v) is 5.96. The molecule has 2 saturated heterocycles. The minimum atomic E-state index is -0.767. The van der Waals surface area contributed by atoms with E-state index in [1.54, 1.807) is 0 Å². The van der Waals surface area contributed by atoms with Crippen LogP contribution in [0.1, 0.15) is 24.3 Å². The summed E-state index contributed by atoms with van der Waals surface area (Å²) in [5.74, 6) is -0.0176. The Labute approximate surface area is 124 Å². The first-order valence-electron chi connectivity index (χ1n) is 7.57. The molecular formula is C15H22N4O2. The van der Waals surface area contributed by atoms with E-state index >= 15 is 0 Å². The molecule has 3 rings (SSSR count). The van der Waals surface area contributed by atoms with Gasteiger partial charge < -0.3 is 10.0 Å². The molecule has 0 bridgehead atoms. The molecule has 6 heteroatoms. The summed E-state index contributed by atoms with van der Waals surface area (Å²) in [5, 5.41) is 9.18. The Morgan fingerprint density at radius 1 is 1.33 bits per heavy atom. The molecule has 0 radical (unpaired) electrons. The molecule has 3 heterocycles. The predicted octanol–water partition coefficient (Wildman–Crippen LogP) is 0.438. The lowest BCUT2D eigenvalue weighted by Gasteiger charge is -2.34. The first kappa shape index (κ1) is 14.4. The van der Waals surface area contributed by atoms with Crippen molar-refractivity contribution in [1.82, 2.24) is 20.7 Å². The number of nitrogens with one attached hydrogen (secondary N) is 2. The Kier molecular flexibility index (Phi) is 4.48. The van der Waals surface area contributed by atoms with Gasteiger partial charge in [0.2, 0.25) is 0 Å². The van der Waals surface area contributed by atoms with Crippen LogP contribution in [0.2, 0.25) is 0 Å². The molecular weight excluding hydrogens is 268 g/mol. The SMILES string of the molecule is O=C(O)C1NNCC1CN1CCC(c2ccncc2)CC1. The van der Waals surface area contributed by atoms with E-state index in [2.05, 4.69) is 32.9 Å². The summed E-state index contributed by atoms with van der Waals surface area (Å²) >= 11 is 0. The molecule has 6 nitrogen and oxygen atoms in total. The molecule has 0 aromatic carbocycles. The summed E-state index contributed by atoms with van der Waals surface area (Å²) in [6.45, 7) is 3.65. The van der Waals surface area contributed by atoms with Crippen molar-refractivity contribution in [2.45, 2.75) is 24.8 Å². The molecule has 0 saturated carbocycles. The molecule has 3 N–H and O–H groups in total. The van der Waals surface area contributed by atoms with E-state index in [0.29, 0.717) is 5.92 Å². The highest BCUT2D eigenvalue weighted by Crippen LogP contribution is 2.28. The van der Waals surface area contributed by atoms with Crippen molar-refractivity contribution in [2.75, 3.05) is 26.2 Å². The number of likely N-dealkylation sites (tertiary alicyclic amines) is 1. The summed E-state index contributed by atoms with van der Waals surface area (Å²) in [5.41, 5.74) is 7.18. The average molecular weight is 290 g/mol. The predicted molar refractivity (Wildman–Crippen MR) is 78.7 cm³/mol. The normalized spacial score (nSPS) is 27.8. The maximum absolute atomic E-state index is 11.2. The van der Waals surface area contributed by atoms with Crippen LogP contribution in [-0.4, -0.2) is 53.2 Å². The Morgan fingerprint density at radius 3 is 2.71 bits per heavy atom. The van der Waals surface area contributed by atoms with Gasteiger partial charge in [0.05, 0.1) is 0 Å². The lowest BCUT2D eigenvalue weighted by Crippen LogP contribution is -2.44. The van der Waals surface area contributed by atoms with Crippen LogP contribution in [-0.2, 0) is 4.79 Å². The summed E-state index contributed by atoms with van der Waals surface area (Å²) in [4.78, 5) is 17.6. The number of carbonyl (C=O) groups is 1. The number of aromatic nitrogens is 1. The molecule has 2 atom stereocenters. The van der Waals surface area contributed by atoms with Gasteiger partial charge in [-0.3, -0.25) is 15.2 Å². The van der Waals surface area contributed by atoms with Crippen molar-refractivity contribution >= 4 is 5.97 Å². The number of hydrogen-bond acceptors (Lipinski definition) is 5. The Bertz CT molecular complexity index is 474. The minimum absolute atomic E-state index is 0.139. The Morgan fingerprint density at radius 2 is 2.05 bits per heavy atom. The molecule has 2 aliphatic heterocycles. The minimum Gasteiger partial charge on any atom is -0.480 e. The van der Waals surface area contributed by atoms with E-state index in [0.717, 1.165) is 39.0 Å². The fourth-order valence-corrected chi connectivity index (χ4v) is 3.39. The molecule has 1 aromatic heterocycles. The molecule has 1 aromatic rings. The Balaban J connectivity index is 1.51. The Hall–Kier alpha value is -1.50. The fraction of sp³-hybridized carbons (Fsp3) is 0.600. The molecule has 2 aliphatic rings. The zero-order chi connectivity index (χ0) is 14.7. The monoisotopic (exact) mass is 290 g/mol. The molecule has 0 spiro atoms. The zero-order valence-corrected chi connectivity index (χ0v) is 12.0. The lowest BCUT2D eigenvalue weighted by atomic mass is 9.89. The molecule has 21 heavy (non-hydrogen) atoms. The van der Waals surface area contributed by atoms with Gasteiger partial charge in [0.15, 0.2) is 0 Å². The van der Waals surface area contributed by atoms with E-state index < -0.39 is 12.0 Å². The molecule has 114 valence electrons. The number of carboxylic acids is 1. The van der Waals surface area contributed by atoms with Crippen LogP contribution in [0, 0.1) is 5.92 Å². The number of piperidine rings is 1. The van der Waals surface area contributed by atoms with Crippen LogP contribution in [0.4, 0.5) is 0 Å². The number of pyridine rings is 1. The topological polar surface area (TPSA) is 77.5 Å². The first-order chi connectivity index (χ1) is 10.2. The molecule has 0 amide bonds. The fourth-order valence-electron chi connectivity index (χ4n) is 3.39. The number of aliphatic carboxylic acids is 1. The van der Waals surface area contributed by atoms with Crippen molar-refractivity contribution in [3.05, 3.63) is 30.1 Å². The van der Waals surface area contributed by atoms with E-state index in [1.165, 1.54) is 5.56 Å². The van der Waals surface area contributed by atoms with Gasteiger partial charge in [-0.2, -0.15) is 0 Å². The van der Waals surface area contributed by atoms with Crippen LogP contribution in [0.25, 0.3) is 0 Å². The van der Waals surface area contributed by atoms with Crippen LogP contribution in [0.5, 0.6) is 0 Å². The van der Waals surface area contributed by atoms with Gasteiger partial charge in [0.1, 0.15) is 6.04 Å². The van der Waals surface area contributed by atoms with Gasteiger partial charge in [-0.1, -0.05) is 0 Å². The summed E-state index contributed by atoms with van der Waals surface area (Å²) in [6, 6.07) is 3.74. The van der Waals surface area contributed by atoms with Gasteiger partial charge in [0.25, 0.3) is 0 Å². The highest BCUT2D eigenvalue weighted by atomic mass is 16.4. The third-order valence-corrected chi connectivity index (χ3v) is 4.62. The summed E-state index contributed by atoms with van der Waals surface area (Å²) in [7, 11) is 0. The van der Waals surface area contributed by atoms with Gasteiger partial charge >= 0.3 is 5.97 Å². The number of rotatable bonds is 4. The quantitative estimate of drug-likeness (QED) is 0.747. The molecule has 2 unspecified atom stereocenters. The van der Waals surface area contributed by atoms with Gasteiger partial charge in [-0.25, -0.2) is 5.43 Å². The number of carboxylic acid groups (broad SMARTS) is 1. The van der Waals surface area contributed by atoms with Crippen molar-refractivity contribution in [3.63, 3.8) is 0 Å². The maximum atomic E-state index is 11.2. The van der Waals surface area contributed by atoms with E-state index in [4.69, 9.17) is 0 Å². The number of nitrogens with zero attached hydrogens (tertiary/aromatic N) is 2. The number of hydrazine groups is 1. The van der Waals surface area contributed by atoms with Crippen LogP contribution in [0.3, 0.4) is 0 Å². The summed E-state index contributed by atoms with van der Waals surface area (Å²) in [6.07, 6.45) is 5.98. The van der Waals surface area contributed by atoms with Gasteiger partial charge in [0, 0.05) is 31.4 Å². The third kappa shape index (κ3) is 3.40. The number of hydrogen-bond donors (Lipinski definition) is 3. The van der Waals surface area contributed by atoms with Crippen molar-refractivity contribution in [2.24, 2.45) is 5.92 Å². The lowest BCUT2D eigenvalue weighted by molar-refractivity contribution is -0.140. The molecule has 0 aliphatic carbocycles. The zero-order valence-electron chi connectivity index (χ0n) is 12.0. The van der Waals surface area contributed by atoms with E-state index in [1.807, 2.05) is 12.4 Å². The van der Waals surface area contributed by atoms with Crippen molar-refractivity contribution in [3.8, 4) is 0 Å². The van der Waals surface area contributed by atoms with E-state index in [-0.39, 0.29) is 5.92 Å².